The summed E-state index contributed by atoms with van der Waals surface area (Å²) in [4.78, 5) is 0. The Kier molecular flexibility index (Phi) is 4.63. The summed E-state index contributed by atoms with van der Waals surface area (Å²) in [5.74, 6) is 2.45. The topological polar surface area (TPSA) is 54.4 Å². The van der Waals surface area contributed by atoms with Crippen molar-refractivity contribution in [1.82, 2.24) is 0 Å². The van der Waals surface area contributed by atoms with E-state index in [-0.39, 0.29) is 0 Å². The fraction of sp³-hybridized carbons (Fsp3) is 0.800. The molecule has 82 valence electrons. The average Bonchev–Trinajstić information content (AvgIpc) is 2.02. The summed E-state index contributed by atoms with van der Waals surface area (Å²) < 4.78 is 21.6. The van der Waals surface area contributed by atoms with Gasteiger partial charge in [-0.2, -0.15) is 0 Å². The molecule has 0 aliphatic carbocycles. The summed E-state index contributed by atoms with van der Waals surface area (Å²) in [6, 6.07) is 0. The Labute approximate surface area is 86.4 Å². The Hall–Kier alpha value is -0.530. The van der Waals surface area contributed by atoms with Gasteiger partial charge in [0, 0.05) is 12.7 Å². The third-order valence-electron chi connectivity index (χ3n) is 2.56. The Morgan fingerprint density at radius 2 is 2.00 bits per heavy atom. The number of rotatable bonds is 5. The molecule has 0 radical (unpaired) electrons. The molecule has 1 unspecified atom stereocenters. The number of aliphatic hydroxyl groups excluding tert-OH is 1. The first-order valence-corrected chi connectivity index (χ1v) is 6.43. The summed E-state index contributed by atoms with van der Waals surface area (Å²) >= 11 is 0. The van der Waals surface area contributed by atoms with Crippen LogP contribution in [0.2, 0.25) is 0 Å². The van der Waals surface area contributed by atoms with E-state index in [1.165, 1.54) is 13.8 Å². The number of unbranched alkanes of at least 4 members (excludes halogenated alkanes) is 1. The van der Waals surface area contributed by atoms with Crippen molar-refractivity contribution in [1.29, 1.82) is 0 Å². The summed E-state index contributed by atoms with van der Waals surface area (Å²) in [7, 11) is -3.24. The van der Waals surface area contributed by atoms with Gasteiger partial charge in [-0.05, 0) is 26.7 Å². The van der Waals surface area contributed by atoms with Crippen LogP contribution in [-0.4, -0.2) is 30.6 Å². The van der Waals surface area contributed by atoms with Gasteiger partial charge in [-0.15, -0.1) is 12.3 Å². The summed E-state index contributed by atoms with van der Waals surface area (Å²) in [6.45, 7) is 3.06. The maximum Gasteiger partial charge on any atom is 0.155 e. The van der Waals surface area contributed by atoms with Crippen LogP contribution in [0.4, 0.5) is 0 Å². The molecular formula is C10H18O3S. The van der Waals surface area contributed by atoms with E-state index in [0.717, 1.165) is 6.26 Å². The predicted molar refractivity (Wildman–Crippen MR) is 57.6 cm³/mol. The maximum atomic E-state index is 11.3. The van der Waals surface area contributed by atoms with Crippen molar-refractivity contribution in [3.63, 3.8) is 0 Å². The largest absolute Gasteiger partial charge is 0.392 e. The summed E-state index contributed by atoms with van der Waals surface area (Å²) in [6.07, 6.45) is 6.98. The second-order valence-corrected chi connectivity index (χ2v) is 6.58. The van der Waals surface area contributed by atoms with Crippen LogP contribution in [0.5, 0.6) is 0 Å². The van der Waals surface area contributed by atoms with Gasteiger partial charge in [0.15, 0.2) is 9.84 Å². The predicted octanol–water partition coefficient (Wildman–Crippen LogP) is 0.974. The van der Waals surface area contributed by atoms with Crippen LogP contribution in [0.1, 0.15) is 33.1 Å². The van der Waals surface area contributed by atoms with E-state index in [9.17, 15) is 13.5 Å². The second kappa shape index (κ2) is 4.81. The van der Waals surface area contributed by atoms with Crippen LogP contribution in [0.15, 0.2) is 0 Å². The number of terminal acetylenes is 1. The third kappa shape index (κ3) is 3.32. The van der Waals surface area contributed by atoms with E-state index in [1.807, 2.05) is 0 Å². The number of aliphatic hydroxyl groups is 1. The first-order valence-electron chi connectivity index (χ1n) is 4.54. The van der Waals surface area contributed by atoms with Crippen LogP contribution in [0.3, 0.4) is 0 Å². The van der Waals surface area contributed by atoms with E-state index in [2.05, 4.69) is 5.92 Å². The lowest BCUT2D eigenvalue weighted by Crippen LogP contribution is -2.43. The Bertz CT molecular complexity index is 309. The fourth-order valence-corrected chi connectivity index (χ4v) is 1.60. The normalized spacial score (nSPS) is 14.8. The van der Waals surface area contributed by atoms with Crippen LogP contribution < -0.4 is 0 Å². The van der Waals surface area contributed by atoms with Gasteiger partial charge in [0.25, 0.3) is 0 Å². The van der Waals surface area contributed by atoms with Crippen LogP contribution in [-0.2, 0) is 9.84 Å². The molecule has 0 aromatic rings. The molecule has 0 spiro atoms. The smallest absolute Gasteiger partial charge is 0.155 e. The molecule has 4 heteroatoms. The van der Waals surface area contributed by atoms with E-state index in [1.54, 1.807) is 0 Å². The number of sulfone groups is 1. The molecule has 0 aromatic carbocycles. The zero-order chi connectivity index (χ0) is 11.4. The summed E-state index contributed by atoms with van der Waals surface area (Å²) in [5.41, 5.74) is 0. The zero-order valence-corrected chi connectivity index (χ0v) is 9.76. The minimum Gasteiger partial charge on any atom is -0.392 e. The zero-order valence-electron chi connectivity index (χ0n) is 8.95. The van der Waals surface area contributed by atoms with E-state index >= 15 is 0 Å². The first kappa shape index (κ1) is 13.5. The average molecular weight is 218 g/mol. The maximum absolute atomic E-state index is 11.3. The van der Waals surface area contributed by atoms with Crippen molar-refractivity contribution in [2.45, 2.75) is 44.0 Å². The van der Waals surface area contributed by atoms with Crippen molar-refractivity contribution < 1.29 is 13.5 Å². The van der Waals surface area contributed by atoms with Crippen LogP contribution in [0.25, 0.3) is 0 Å². The Morgan fingerprint density at radius 1 is 1.50 bits per heavy atom. The van der Waals surface area contributed by atoms with E-state index in [4.69, 9.17) is 6.42 Å². The van der Waals surface area contributed by atoms with Crippen LogP contribution in [0, 0.1) is 12.3 Å². The van der Waals surface area contributed by atoms with Gasteiger partial charge in [-0.3, -0.25) is 0 Å². The molecule has 0 saturated heterocycles. The molecule has 0 rings (SSSR count). The van der Waals surface area contributed by atoms with E-state index in [0.29, 0.717) is 19.3 Å². The lowest BCUT2D eigenvalue weighted by Gasteiger charge is -2.28. The SMILES string of the molecule is C#CCCCC(O)C(C)(C)S(C)(=O)=O. The standard InChI is InChI=1S/C10H18O3S/c1-5-6-7-8-9(11)10(2,3)14(4,12)13/h1,9,11H,6-8H2,2-4H3. The molecule has 0 aliphatic heterocycles. The highest BCUT2D eigenvalue weighted by molar-refractivity contribution is 7.92. The molecule has 0 bridgehead atoms. The van der Waals surface area contributed by atoms with Gasteiger partial charge in [0.1, 0.15) is 0 Å². The summed E-state index contributed by atoms with van der Waals surface area (Å²) in [5, 5.41) is 9.69. The molecule has 0 aliphatic rings. The molecule has 0 heterocycles. The lowest BCUT2D eigenvalue weighted by molar-refractivity contribution is 0.126. The fourth-order valence-electron chi connectivity index (χ4n) is 0.992. The minimum absolute atomic E-state index is 0.421. The second-order valence-electron chi connectivity index (χ2n) is 3.99. The minimum atomic E-state index is -3.24. The molecule has 0 amide bonds. The van der Waals surface area contributed by atoms with Gasteiger partial charge in [-0.1, -0.05) is 0 Å². The van der Waals surface area contributed by atoms with Gasteiger partial charge in [-0.25, -0.2) is 8.42 Å². The number of hydrogen-bond acceptors (Lipinski definition) is 3. The molecule has 1 N–H and O–H groups in total. The van der Waals surface area contributed by atoms with Crippen molar-refractivity contribution in [3.8, 4) is 12.3 Å². The monoisotopic (exact) mass is 218 g/mol. The van der Waals surface area contributed by atoms with Crippen molar-refractivity contribution in [3.05, 3.63) is 0 Å². The van der Waals surface area contributed by atoms with Crippen molar-refractivity contribution >= 4 is 9.84 Å². The van der Waals surface area contributed by atoms with Gasteiger partial charge in [0.2, 0.25) is 0 Å². The molecule has 0 fully saturated rings. The highest BCUT2D eigenvalue weighted by atomic mass is 32.2. The highest BCUT2D eigenvalue weighted by Crippen LogP contribution is 2.23. The molecule has 0 aromatic heterocycles. The van der Waals surface area contributed by atoms with Crippen LogP contribution >= 0.6 is 0 Å². The van der Waals surface area contributed by atoms with E-state index < -0.39 is 20.7 Å². The molecular weight excluding hydrogens is 200 g/mol. The third-order valence-corrected chi connectivity index (χ3v) is 4.74. The van der Waals surface area contributed by atoms with Crippen molar-refractivity contribution in [2.75, 3.05) is 6.26 Å². The molecule has 1 atom stereocenters. The Morgan fingerprint density at radius 3 is 2.36 bits per heavy atom. The van der Waals surface area contributed by atoms with Gasteiger partial charge >= 0.3 is 0 Å². The first-order chi connectivity index (χ1) is 6.23. The Balaban J connectivity index is 4.39. The highest BCUT2D eigenvalue weighted by Gasteiger charge is 2.37. The number of hydrogen-bond donors (Lipinski definition) is 1. The molecule has 3 nitrogen and oxygen atoms in total. The van der Waals surface area contributed by atoms with Crippen molar-refractivity contribution in [2.24, 2.45) is 0 Å². The molecule has 14 heavy (non-hydrogen) atoms. The van der Waals surface area contributed by atoms with Gasteiger partial charge < -0.3 is 5.11 Å². The van der Waals surface area contributed by atoms with Gasteiger partial charge in [0.05, 0.1) is 10.9 Å². The lowest BCUT2D eigenvalue weighted by atomic mass is 10.0. The quantitative estimate of drug-likeness (QED) is 0.552. The molecule has 0 saturated carbocycles.